The van der Waals surface area contributed by atoms with Crippen molar-refractivity contribution in [2.75, 3.05) is 7.11 Å². The van der Waals surface area contributed by atoms with Crippen molar-refractivity contribution in [2.24, 2.45) is 0 Å². The van der Waals surface area contributed by atoms with Crippen molar-refractivity contribution in [3.05, 3.63) is 40.3 Å². The molecule has 0 aliphatic heterocycles. The summed E-state index contributed by atoms with van der Waals surface area (Å²) in [4.78, 5) is 4.25. The molecule has 5 heteroatoms. The van der Waals surface area contributed by atoms with Gasteiger partial charge in [0.25, 0.3) is 0 Å². The Balaban J connectivity index is 2.02. The van der Waals surface area contributed by atoms with E-state index in [-0.39, 0.29) is 11.8 Å². The first kappa shape index (κ1) is 12.9. The summed E-state index contributed by atoms with van der Waals surface area (Å²) < 4.78 is 5.08. The number of aromatic nitrogens is 1. The molecule has 0 saturated carbocycles. The SMILES string of the molecule is COc1cccc(CNC(C)c2nccs2)c1O. The van der Waals surface area contributed by atoms with Gasteiger partial charge < -0.3 is 15.2 Å². The zero-order valence-electron chi connectivity index (χ0n) is 10.4. The quantitative estimate of drug-likeness (QED) is 0.872. The Kier molecular flexibility index (Phi) is 4.17. The van der Waals surface area contributed by atoms with Crippen LogP contribution in [0, 0.1) is 0 Å². The second-order valence-corrected chi connectivity index (χ2v) is 4.87. The zero-order chi connectivity index (χ0) is 13.0. The molecule has 1 aromatic carbocycles. The topological polar surface area (TPSA) is 54.4 Å². The van der Waals surface area contributed by atoms with Gasteiger partial charge in [-0.1, -0.05) is 12.1 Å². The minimum Gasteiger partial charge on any atom is -0.504 e. The van der Waals surface area contributed by atoms with Crippen molar-refractivity contribution in [3.8, 4) is 11.5 Å². The average molecular weight is 264 g/mol. The number of ether oxygens (including phenoxy) is 1. The summed E-state index contributed by atoms with van der Waals surface area (Å²) in [6, 6.07) is 5.64. The maximum atomic E-state index is 9.95. The lowest BCUT2D eigenvalue weighted by atomic mass is 10.1. The fourth-order valence-corrected chi connectivity index (χ4v) is 2.34. The number of hydrogen-bond acceptors (Lipinski definition) is 5. The molecule has 1 unspecified atom stereocenters. The first-order valence-corrected chi connectivity index (χ1v) is 6.58. The van der Waals surface area contributed by atoms with Gasteiger partial charge in [0.15, 0.2) is 11.5 Å². The lowest BCUT2D eigenvalue weighted by Crippen LogP contribution is -2.18. The van der Waals surface area contributed by atoms with Gasteiger partial charge in [-0.3, -0.25) is 0 Å². The molecule has 1 heterocycles. The maximum Gasteiger partial charge on any atom is 0.162 e. The van der Waals surface area contributed by atoms with Gasteiger partial charge in [-0.05, 0) is 13.0 Å². The molecule has 0 radical (unpaired) electrons. The van der Waals surface area contributed by atoms with Gasteiger partial charge in [0.1, 0.15) is 5.01 Å². The minimum absolute atomic E-state index is 0.163. The van der Waals surface area contributed by atoms with Gasteiger partial charge in [0, 0.05) is 23.7 Å². The molecule has 0 aliphatic carbocycles. The number of nitrogens with zero attached hydrogens (tertiary/aromatic N) is 1. The van der Waals surface area contributed by atoms with Crippen LogP contribution in [0.2, 0.25) is 0 Å². The molecule has 1 aromatic heterocycles. The van der Waals surface area contributed by atoms with Crippen molar-refractivity contribution in [2.45, 2.75) is 19.5 Å². The average Bonchev–Trinajstić information content (AvgIpc) is 2.91. The molecular formula is C13H16N2O2S. The molecule has 0 fully saturated rings. The van der Waals surface area contributed by atoms with Gasteiger partial charge in [0.2, 0.25) is 0 Å². The third-order valence-electron chi connectivity index (χ3n) is 2.72. The molecule has 1 atom stereocenters. The Labute approximate surface area is 110 Å². The summed E-state index contributed by atoms with van der Waals surface area (Å²) in [5.74, 6) is 0.690. The smallest absolute Gasteiger partial charge is 0.162 e. The Bertz CT molecular complexity index is 500. The summed E-state index contributed by atoms with van der Waals surface area (Å²) in [7, 11) is 1.55. The fourth-order valence-electron chi connectivity index (χ4n) is 1.67. The second-order valence-electron chi connectivity index (χ2n) is 3.94. The van der Waals surface area contributed by atoms with E-state index >= 15 is 0 Å². The third-order valence-corrected chi connectivity index (χ3v) is 3.68. The van der Waals surface area contributed by atoms with E-state index < -0.39 is 0 Å². The van der Waals surface area contributed by atoms with Crippen LogP contribution in [0.25, 0.3) is 0 Å². The number of rotatable bonds is 5. The van der Waals surface area contributed by atoms with Crippen LogP contribution < -0.4 is 10.1 Å². The van der Waals surface area contributed by atoms with Crippen LogP contribution >= 0.6 is 11.3 Å². The van der Waals surface area contributed by atoms with Crippen LogP contribution in [-0.2, 0) is 6.54 Å². The van der Waals surface area contributed by atoms with E-state index in [0.717, 1.165) is 10.6 Å². The largest absolute Gasteiger partial charge is 0.504 e. The molecule has 4 nitrogen and oxygen atoms in total. The van der Waals surface area contributed by atoms with Crippen LogP contribution in [0.1, 0.15) is 23.5 Å². The molecule has 18 heavy (non-hydrogen) atoms. The number of phenols is 1. The number of phenolic OH excluding ortho intramolecular Hbond substituents is 1. The number of hydrogen-bond donors (Lipinski definition) is 2. The number of thiazole rings is 1. The van der Waals surface area contributed by atoms with Gasteiger partial charge in [-0.2, -0.15) is 0 Å². The highest BCUT2D eigenvalue weighted by atomic mass is 32.1. The molecule has 2 rings (SSSR count). The van der Waals surface area contributed by atoms with Crippen molar-refractivity contribution < 1.29 is 9.84 Å². The van der Waals surface area contributed by atoms with Crippen molar-refractivity contribution >= 4 is 11.3 Å². The van der Waals surface area contributed by atoms with E-state index in [4.69, 9.17) is 4.74 Å². The molecule has 0 amide bonds. The molecule has 2 N–H and O–H groups in total. The van der Waals surface area contributed by atoms with Crippen LogP contribution in [0.4, 0.5) is 0 Å². The Morgan fingerprint density at radius 2 is 2.33 bits per heavy atom. The number of benzene rings is 1. The highest BCUT2D eigenvalue weighted by Gasteiger charge is 2.10. The number of aromatic hydroxyl groups is 1. The van der Waals surface area contributed by atoms with Crippen molar-refractivity contribution in [3.63, 3.8) is 0 Å². The van der Waals surface area contributed by atoms with Crippen LogP contribution in [-0.4, -0.2) is 17.2 Å². The normalized spacial score (nSPS) is 12.3. The Morgan fingerprint density at radius 3 is 3.00 bits per heavy atom. The lowest BCUT2D eigenvalue weighted by molar-refractivity contribution is 0.369. The maximum absolute atomic E-state index is 9.95. The van der Waals surface area contributed by atoms with Crippen molar-refractivity contribution in [1.82, 2.24) is 10.3 Å². The zero-order valence-corrected chi connectivity index (χ0v) is 11.2. The first-order chi connectivity index (χ1) is 8.72. The molecule has 0 saturated heterocycles. The number of para-hydroxylation sites is 1. The third kappa shape index (κ3) is 2.80. The summed E-state index contributed by atoms with van der Waals surface area (Å²) in [5.41, 5.74) is 0.817. The number of methoxy groups -OCH3 is 1. The molecule has 96 valence electrons. The molecule has 0 bridgehead atoms. The van der Waals surface area contributed by atoms with Crippen LogP contribution in [0.3, 0.4) is 0 Å². The van der Waals surface area contributed by atoms with Crippen LogP contribution in [0.5, 0.6) is 11.5 Å². The Hall–Kier alpha value is -1.59. The summed E-state index contributed by atoms with van der Waals surface area (Å²) in [6.45, 7) is 2.62. The van der Waals surface area contributed by atoms with Crippen LogP contribution in [0.15, 0.2) is 29.8 Å². The summed E-state index contributed by atoms with van der Waals surface area (Å²) in [6.07, 6.45) is 1.79. The molecular weight excluding hydrogens is 248 g/mol. The predicted molar refractivity (Wildman–Crippen MR) is 72.0 cm³/mol. The highest BCUT2D eigenvalue weighted by molar-refractivity contribution is 7.09. The molecule has 2 aromatic rings. The minimum atomic E-state index is 0.163. The van der Waals surface area contributed by atoms with E-state index in [1.807, 2.05) is 17.5 Å². The van der Waals surface area contributed by atoms with E-state index in [1.54, 1.807) is 30.7 Å². The summed E-state index contributed by atoms with van der Waals surface area (Å²) >= 11 is 1.62. The highest BCUT2D eigenvalue weighted by Crippen LogP contribution is 2.29. The van der Waals surface area contributed by atoms with E-state index in [2.05, 4.69) is 17.2 Å². The Morgan fingerprint density at radius 1 is 1.50 bits per heavy atom. The predicted octanol–water partition coefficient (Wildman–Crippen LogP) is 2.71. The first-order valence-electron chi connectivity index (χ1n) is 5.70. The fraction of sp³-hybridized carbons (Fsp3) is 0.308. The standard InChI is InChI=1S/C13H16N2O2S/c1-9(13-14-6-7-18-13)15-8-10-4-3-5-11(17-2)12(10)16/h3-7,9,15-16H,8H2,1-2H3. The van der Waals surface area contributed by atoms with Gasteiger partial charge in [0.05, 0.1) is 13.2 Å². The second kappa shape index (κ2) is 5.84. The monoisotopic (exact) mass is 264 g/mol. The van der Waals surface area contributed by atoms with Gasteiger partial charge in [-0.15, -0.1) is 11.3 Å². The van der Waals surface area contributed by atoms with E-state index in [0.29, 0.717) is 12.3 Å². The molecule has 0 spiro atoms. The lowest BCUT2D eigenvalue weighted by Gasteiger charge is -2.13. The van der Waals surface area contributed by atoms with E-state index in [9.17, 15) is 5.11 Å². The van der Waals surface area contributed by atoms with Gasteiger partial charge >= 0.3 is 0 Å². The molecule has 0 aliphatic rings. The van der Waals surface area contributed by atoms with Crippen molar-refractivity contribution in [1.29, 1.82) is 0 Å². The van der Waals surface area contributed by atoms with E-state index in [1.165, 1.54) is 0 Å². The number of nitrogens with one attached hydrogen (secondary N) is 1. The van der Waals surface area contributed by atoms with Gasteiger partial charge in [-0.25, -0.2) is 4.98 Å². The summed E-state index contributed by atoms with van der Waals surface area (Å²) in [5, 5.41) is 16.3.